The average molecular weight is 369 g/mol. The van der Waals surface area contributed by atoms with Gasteiger partial charge in [-0.25, -0.2) is 4.98 Å². The molecule has 0 aliphatic carbocycles. The first-order chi connectivity index (χ1) is 11.4. The molecular weight excluding hydrogens is 352 g/mol. The summed E-state index contributed by atoms with van der Waals surface area (Å²) >= 11 is 7.16. The van der Waals surface area contributed by atoms with Gasteiger partial charge in [-0.2, -0.15) is 0 Å². The van der Waals surface area contributed by atoms with Crippen molar-refractivity contribution in [2.75, 3.05) is 13.2 Å². The van der Waals surface area contributed by atoms with Crippen molar-refractivity contribution in [3.63, 3.8) is 0 Å². The largest absolute Gasteiger partial charge is 0.491 e. The van der Waals surface area contributed by atoms with E-state index in [0.29, 0.717) is 28.9 Å². The maximum absolute atomic E-state index is 11.8. The molecule has 0 unspecified atom stereocenters. The molecule has 1 amide bonds. The van der Waals surface area contributed by atoms with Crippen molar-refractivity contribution in [3.8, 4) is 5.75 Å². The number of carboxylic acids is 1. The molecular formula is C16H17ClN2O4S. The predicted octanol–water partition coefficient (Wildman–Crippen LogP) is 2.47. The minimum absolute atomic E-state index is 0.129. The van der Waals surface area contributed by atoms with Gasteiger partial charge < -0.3 is 15.2 Å². The number of thiazole rings is 1. The third kappa shape index (κ3) is 5.82. The Labute approximate surface area is 148 Å². The number of carbonyl (C=O) groups is 2. The van der Waals surface area contributed by atoms with Gasteiger partial charge in [-0.15, -0.1) is 11.3 Å². The summed E-state index contributed by atoms with van der Waals surface area (Å²) < 4.78 is 5.59. The highest BCUT2D eigenvalue weighted by molar-refractivity contribution is 7.09. The number of ether oxygens (including phenoxy) is 1. The van der Waals surface area contributed by atoms with Gasteiger partial charge in [0.15, 0.2) is 0 Å². The standard InChI is InChI=1S/C16H17ClN2O4S/c1-10-6-11(17)2-3-13(10)23-5-4-18-14(20)8-15-19-12(9-24-15)7-16(21)22/h2-3,6,9H,4-5,7-8H2,1H3,(H,18,20)(H,21,22). The number of rotatable bonds is 8. The van der Waals surface area contributed by atoms with E-state index in [-0.39, 0.29) is 18.7 Å². The molecule has 0 aliphatic rings. The molecule has 0 saturated carbocycles. The lowest BCUT2D eigenvalue weighted by molar-refractivity contribution is -0.136. The lowest BCUT2D eigenvalue weighted by Gasteiger charge is -2.10. The lowest BCUT2D eigenvalue weighted by atomic mass is 10.2. The van der Waals surface area contributed by atoms with E-state index in [4.69, 9.17) is 21.4 Å². The van der Waals surface area contributed by atoms with Crippen LogP contribution in [0.25, 0.3) is 0 Å². The molecule has 2 N–H and O–H groups in total. The van der Waals surface area contributed by atoms with Gasteiger partial charge in [0.25, 0.3) is 0 Å². The molecule has 0 saturated heterocycles. The first kappa shape index (κ1) is 18.2. The van der Waals surface area contributed by atoms with Crippen LogP contribution in [0.1, 0.15) is 16.3 Å². The van der Waals surface area contributed by atoms with Crippen LogP contribution >= 0.6 is 22.9 Å². The van der Waals surface area contributed by atoms with Crippen LogP contribution < -0.4 is 10.1 Å². The Balaban J connectivity index is 1.71. The van der Waals surface area contributed by atoms with Gasteiger partial charge in [-0.05, 0) is 30.7 Å². The van der Waals surface area contributed by atoms with Crippen molar-refractivity contribution in [1.29, 1.82) is 0 Å². The maximum Gasteiger partial charge on any atom is 0.309 e. The van der Waals surface area contributed by atoms with Gasteiger partial charge in [0.05, 0.1) is 25.1 Å². The third-order valence-corrected chi connectivity index (χ3v) is 4.19. The predicted molar refractivity (Wildman–Crippen MR) is 91.9 cm³/mol. The van der Waals surface area contributed by atoms with Gasteiger partial charge in [0, 0.05) is 10.4 Å². The summed E-state index contributed by atoms with van der Waals surface area (Å²) in [7, 11) is 0. The highest BCUT2D eigenvalue weighted by Crippen LogP contribution is 2.21. The summed E-state index contributed by atoms with van der Waals surface area (Å²) in [4.78, 5) is 26.6. The normalized spacial score (nSPS) is 10.4. The minimum Gasteiger partial charge on any atom is -0.491 e. The van der Waals surface area contributed by atoms with Crippen molar-refractivity contribution in [2.24, 2.45) is 0 Å². The molecule has 2 aromatic rings. The molecule has 0 radical (unpaired) electrons. The fraction of sp³-hybridized carbons (Fsp3) is 0.312. The smallest absolute Gasteiger partial charge is 0.309 e. The Kier molecular flexibility index (Phi) is 6.57. The number of benzene rings is 1. The van der Waals surface area contributed by atoms with E-state index in [0.717, 1.165) is 11.3 Å². The fourth-order valence-electron chi connectivity index (χ4n) is 1.99. The van der Waals surface area contributed by atoms with Gasteiger partial charge in [0.1, 0.15) is 17.4 Å². The zero-order chi connectivity index (χ0) is 17.5. The van der Waals surface area contributed by atoms with Gasteiger partial charge in [-0.1, -0.05) is 11.6 Å². The highest BCUT2D eigenvalue weighted by atomic mass is 35.5. The van der Waals surface area contributed by atoms with Crippen LogP contribution in [0.4, 0.5) is 0 Å². The Morgan fingerprint density at radius 3 is 2.88 bits per heavy atom. The van der Waals surface area contributed by atoms with Crippen LogP contribution in [-0.4, -0.2) is 35.1 Å². The SMILES string of the molecule is Cc1cc(Cl)ccc1OCCNC(=O)Cc1nc(CC(=O)O)cs1. The van der Waals surface area contributed by atoms with Crippen LogP contribution in [0.3, 0.4) is 0 Å². The summed E-state index contributed by atoms with van der Waals surface area (Å²) in [6.45, 7) is 2.61. The molecule has 1 heterocycles. The van der Waals surface area contributed by atoms with Crippen LogP contribution in [0.15, 0.2) is 23.6 Å². The summed E-state index contributed by atoms with van der Waals surface area (Å²) in [5.74, 6) is -0.388. The van der Waals surface area contributed by atoms with Crippen LogP contribution in [-0.2, 0) is 22.4 Å². The third-order valence-electron chi connectivity index (χ3n) is 3.06. The van der Waals surface area contributed by atoms with E-state index in [9.17, 15) is 9.59 Å². The number of halogens is 1. The lowest BCUT2D eigenvalue weighted by Crippen LogP contribution is -2.29. The van der Waals surface area contributed by atoms with Gasteiger partial charge >= 0.3 is 5.97 Å². The molecule has 0 aliphatic heterocycles. The number of nitrogens with one attached hydrogen (secondary N) is 1. The number of hydrogen-bond acceptors (Lipinski definition) is 5. The topological polar surface area (TPSA) is 88.5 Å². The van der Waals surface area contributed by atoms with Gasteiger partial charge in [0.2, 0.25) is 5.91 Å². The van der Waals surface area contributed by atoms with Crippen LogP contribution in [0.2, 0.25) is 5.02 Å². The number of aryl methyl sites for hydroxylation is 1. The van der Waals surface area contributed by atoms with E-state index < -0.39 is 5.97 Å². The second kappa shape index (κ2) is 8.65. The molecule has 128 valence electrons. The highest BCUT2D eigenvalue weighted by Gasteiger charge is 2.10. The Morgan fingerprint density at radius 1 is 1.38 bits per heavy atom. The van der Waals surface area contributed by atoms with Crippen LogP contribution in [0, 0.1) is 6.92 Å². The second-order valence-corrected chi connectivity index (χ2v) is 6.47. The molecule has 8 heteroatoms. The Hall–Kier alpha value is -2.12. The minimum atomic E-state index is -0.939. The molecule has 0 bridgehead atoms. The summed E-state index contributed by atoms with van der Waals surface area (Å²) in [5.41, 5.74) is 1.40. The summed E-state index contributed by atoms with van der Waals surface area (Å²) in [5, 5.41) is 14.3. The van der Waals surface area contributed by atoms with E-state index in [1.54, 1.807) is 17.5 Å². The van der Waals surface area contributed by atoms with Crippen LogP contribution in [0.5, 0.6) is 5.75 Å². The second-order valence-electron chi connectivity index (χ2n) is 5.09. The van der Waals surface area contributed by atoms with Crippen molar-refractivity contribution in [1.82, 2.24) is 10.3 Å². The number of carbonyl (C=O) groups excluding carboxylic acids is 1. The number of nitrogens with zero attached hydrogens (tertiary/aromatic N) is 1. The van der Waals surface area contributed by atoms with Crippen molar-refractivity contribution >= 4 is 34.8 Å². The quantitative estimate of drug-likeness (QED) is 0.699. The first-order valence-corrected chi connectivity index (χ1v) is 8.50. The Bertz CT molecular complexity index is 733. The van der Waals surface area contributed by atoms with E-state index >= 15 is 0 Å². The molecule has 24 heavy (non-hydrogen) atoms. The van der Waals surface area contributed by atoms with E-state index in [2.05, 4.69) is 10.3 Å². The molecule has 6 nitrogen and oxygen atoms in total. The molecule has 2 rings (SSSR count). The van der Waals surface area contributed by atoms with Gasteiger partial charge in [-0.3, -0.25) is 9.59 Å². The molecule has 1 aromatic heterocycles. The number of hydrogen-bond donors (Lipinski definition) is 2. The number of amides is 1. The zero-order valence-electron chi connectivity index (χ0n) is 13.0. The summed E-state index contributed by atoms with van der Waals surface area (Å²) in [6, 6.07) is 5.35. The first-order valence-electron chi connectivity index (χ1n) is 7.25. The fourth-order valence-corrected chi connectivity index (χ4v) is 3.01. The van der Waals surface area contributed by atoms with Crippen molar-refractivity contribution < 1.29 is 19.4 Å². The zero-order valence-corrected chi connectivity index (χ0v) is 14.6. The molecule has 0 spiro atoms. The van der Waals surface area contributed by atoms with E-state index in [1.165, 1.54) is 11.3 Å². The number of aliphatic carboxylic acids is 1. The maximum atomic E-state index is 11.8. The monoisotopic (exact) mass is 368 g/mol. The van der Waals surface area contributed by atoms with E-state index in [1.807, 2.05) is 13.0 Å². The summed E-state index contributed by atoms with van der Waals surface area (Å²) in [6.07, 6.45) is -0.00331. The van der Waals surface area contributed by atoms with Crippen molar-refractivity contribution in [3.05, 3.63) is 44.9 Å². The molecule has 0 atom stereocenters. The average Bonchev–Trinajstić information content (AvgIpc) is 2.91. The van der Waals surface area contributed by atoms with Crippen molar-refractivity contribution in [2.45, 2.75) is 19.8 Å². The molecule has 0 fully saturated rings. The molecule has 1 aromatic carbocycles. The number of aromatic nitrogens is 1. The Morgan fingerprint density at radius 2 is 2.17 bits per heavy atom. The number of carboxylic acid groups (broad SMARTS) is 1.